The van der Waals surface area contributed by atoms with E-state index >= 15 is 0 Å². The Morgan fingerprint density at radius 1 is 0.673 bits per heavy atom. The maximum absolute atomic E-state index is 13.2. The number of carbonyl (C=O) groups excluding carboxylic acids is 3. The van der Waals surface area contributed by atoms with E-state index in [1.807, 2.05) is 59.3 Å². The summed E-state index contributed by atoms with van der Waals surface area (Å²) in [5, 5.41) is 7.75. The first-order valence-electron chi connectivity index (χ1n) is 16.7. The minimum absolute atomic E-state index is 0.0666. The van der Waals surface area contributed by atoms with E-state index in [0.717, 1.165) is 33.6 Å². The standard InChI is InChI=1S/C29H28N2O3S.C12H12N2O2S/c1-5-34-27(33)21-12-10-20(11-13-21)25-18-35-28(30-25)31-26(32)24-9-7-6-8-23(24)19-14-16-22(17-15-19)29(2,3)4;1-2-16-11(15)9-5-3-8(4-6-9)10-7-17-12(13)14-10/h6-18H,5H2,1-4H3,(H,30,31,32);3-7H,2H2,1H3,(H2,13,14). The lowest BCUT2D eigenvalue weighted by Gasteiger charge is -2.19. The minimum Gasteiger partial charge on any atom is -0.462 e. The fraction of sp³-hybridized carbons (Fsp3) is 0.195. The third-order valence-corrected chi connectivity index (χ3v) is 9.30. The Balaban J connectivity index is 0.000000257. The van der Waals surface area contributed by atoms with Crippen LogP contribution in [0.3, 0.4) is 0 Å². The summed E-state index contributed by atoms with van der Waals surface area (Å²) in [6.45, 7) is 10.8. The summed E-state index contributed by atoms with van der Waals surface area (Å²) < 4.78 is 9.93. The highest BCUT2D eigenvalue weighted by molar-refractivity contribution is 7.14. The maximum atomic E-state index is 13.2. The van der Waals surface area contributed by atoms with Crippen molar-refractivity contribution in [3.8, 4) is 33.6 Å². The van der Waals surface area contributed by atoms with Crippen LogP contribution in [-0.2, 0) is 14.9 Å². The zero-order valence-corrected chi connectivity index (χ0v) is 31.3. The van der Waals surface area contributed by atoms with Gasteiger partial charge in [0.1, 0.15) is 0 Å². The number of hydrogen-bond donors (Lipinski definition) is 2. The van der Waals surface area contributed by atoms with Crippen LogP contribution in [0.5, 0.6) is 0 Å². The van der Waals surface area contributed by atoms with Gasteiger partial charge in [-0.2, -0.15) is 0 Å². The Morgan fingerprint density at radius 3 is 1.67 bits per heavy atom. The first-order valence-corrected chi connectivity index (χ1v) is 18.5. The van der Waals surface area contributed by atoms with E-state index in [-0.39, 0.29) is 23.3 Å². The van der Waals surface area contributed by atoms with Gasteiger partial charge in [0.2, 0.25) is 0 Å². The molecule has 0 bridgehead atoms. The van der Waals surface area contributed by atoms with Crippen LogP contribution in [0, 0.1) is 0 Å². The lowest BCUT2D eigenvalue weighted by molar-refractivity contribution is 0.0517. The van der Waals surface area contributed by atoms with Crippen LogP contribution in [0.2, 0.25) is 0 Å². The number of hydrogen-bond acceptors (Lipinski definition) is 10. The number of nitrogens with two attached hydrogens (primary N) is 1. The molecule has 0 spiro atoms. The molecule has 0 atom stereocenters. The Hall–Kier alpha value is -5.65. The molecule has 0 aliphatic carbocycles. The molecule has 11 heteroatoms. The van der Waals surface area contributed by atoms with Gasteiger partial charge in [-0.1, -0.05) is 87.5 Å². The van der Waals surface area contributed by atoms with Gasteiger partial charge in [-0.25, -0.2) is 19.6 Å². The van der Waals surface area contributed by atoms with Crippen LogP contribution in [0.25, 0.3) is 33.6 Å². The van der Waals surface area contributed by atoms with Crippen molar-refractivity contribution in [3.05, 3.63) is 130 Å². The maximum Gasteiger partial charge on any atom is 0.338 e. The van der Waals surface area contributed by atoms with E-state index in [4.69, 9.17) is 15.2 Å². The van der Waals surface area contributed by atoms with Gasteiger partial charge in [-0.3, -0.25) is 10.1 Å². The molecule has 3 N–H and O–H groups in total. The number of amides is 1. The van der Waals surface area contributed by atoms with Gasteiger partial charge in [0.25, 0.3) is 5.91 Å². The van der Waals surface area contributed by atoms with Gasteiger partial charge in [0, 0.05) is 27.5 Å². The number of nitrogens with one attached hydrogen (secondary N) is 1. The zero-order chi connectivity index (χ0) is 37.3. The van der Waals surface area contributed by atoms with Gasteiger partial charge in [0.15, 0.2) is 10.3 Å². The molecule has 4 aromatic carbocycles. The van der Waals surface area contributed by atoms with Crippen molar-refractivity contribution in [2.24, 2.45) is 0 Å². The fourth-order valence-electron chi connectivity index (χ4n) is 5.11. The number of thiazole rings is 2. The quantitative estimate of drug-likeness (QED) is 0.140. The van der Waals surface area contributed by atoms with Crippen LogP contribution >= 0.6 is 22.7 Å². The van der Waals surface area contributed by atoms with E-state index in [2.05, 4.69) is 60.3 Å². The molecule has 6 aromatic rings. The van der Waals surface area contributed by atoms with Crippen LogP contribution < -0.4 is 11.1 Å². The molecule has 0 saturated carbocycles. The van der Waals surface area contributed by atoms with Crippen molar-refractivity contribution in [1.29, 1.82) is 0 Å². The lowest BCUT2D eigenvalue weighted by Crippen LogP contribution is -2.13. The van der Waals surface area contributed by atoms with Gasteiger partial charge >= 0.3 is 11.9 Å². The highest BCUT2D eigenvalue weighted by atomic mass is 32.1. The number of nitrogen functional groups attached to an aromatic ring is 1. The molecule has 2 aromatic heterocycles. The van der Waals surface area contributed by atoms with Gasteiger partial charge < -0.3 is 15.2 Å². The van der Waals surface area contributed by atoms with Crippen molar-refractivity contribution in [2.45, 2.75) is 40.0 Å². The highest BCUT2D eigenvalue weighted by Gasteiger charge is 2.17. The Bertz CT molecular complexity index is 2130. The van der Waals surface area contributed by atoms with E-state index < -0.39 is 0 Å². The second-order valence-electron chi connectivity index (χ2n) is 12.5. The zero-order valence-electron chi connectivity index (χ0n) is 29.6. The van der Waals surface area contributed by atoms with E-state index in [0.29, 0.717) is 40.2 Å². The number of ether oxygens (including phenoxy) is 2. The Labute approximate surface area is 311 Å². The molecular formula is C41H40N4O5S2. The molecule has 0 radical (unpaired) electrons. The van der Waals surface area contributed by atoms with Crippen LogP contribution in [0.4, 0.5) is 10.3 Å². The molecule has 1 amide bonds. The lowest BCUT2D eigenvalue weighted by atomic mass is 9.86. The molecule has 0 saturated heterocycles. The summed E-state index contributed by atoms with van der Waals surface area (Å²) in [6, 6.07) is 30.1. The molecule has 6 rings (SSSR count). The Kier molecular flexibility index (Phi) is 12.3. The molecule has 52 heavy (non-hydrogen) atoms. The highest BCUT2D eigenvalue weighted by Crippen LogP contribution is 2.30. The largest absolute Gasteiger partial charge is 0.462 e. The number of anilines is 2. The first-order chi connectivity index (χ1) is 25.0. The average molecular weight is 733 g/mol. The summed E-state index contributed by atoms with van der Waals surface area (Å²) >= 11 is 2.75. The topological polar surface area (TPSA) is 134 Å². The summed E-state index contributed by atoms with van der Waals surface area (Å²) in [5.41, 5.74) is 13.7. The van der Waals surface area contributed by atoms with Crippen molar-refractivity contribution < 1.29 is 23.9 Å². The molecule has 2 heterocycles. The molecule has 0 aliphatic rings. The monoisotopic (exact) mass is 732 g/mol. The third-order valence-electron chi connectivity index (χ3n) is 7.86. The SMILES string of the molecule is CCOC(=O)c1ccc(-c2csc(N)n2)cc1.CCOC(=O)c1ccc(-c2csc(NC(=O)c3ccccc3-c3ccc(C(C)(C)C)cc3)n2)cc1. The summed E-state index contributed by atoms with van der Waals surface area (Å²) in [7, 11) is 0. The number of carbonyl (C=O) groups is 3. The average Bonchev–Trinajstić information content (AvgIpc) is 3.81. The molecule has 9 nitrogen and oxygen atoms in total. The van der Waals surface area contributed by atoms with Crippen molar-refractivity contribution in [2.75, 3.05) is 24.3 Å². The Morgan fingerprint density at radius 2 is 1.17 bits per heavy atom. The number of aromatic nitrogens is 2. The summed E-state index contributed by atoms with van der Waals surface area (Å²) in [4.78, 5) is 45.2. The second-order valence-corrected chi connectivity index (χ2v) is 14.3. The predicted molar refractivity (Wildman–Crippen MR) is 210 cm³/mol. The van der Waals surface area contributed by atoms with Crippen LogP contribution in [-0.4, -0.2) is 41.0 Å². The second kappa shape index (κ2) is 17.0. The molecule has 0 fully saturated rings. The smallest absolute Gasteiger partial charge is 0.338 e. The molecule has 0 unspecified atom stereocenters. The van der Waals surface area contributed by atoms with Crippen molar-refractivity contribution in [1.82, 2.24) is 9.97 Å². The minimum atomic E-state index is -0.350. The van der Waals surface area contributed by atoms with Crippen LogP contribution in [0.1, 0.15) is 71.3 Å². The molecular weight excluding hydrogens is 693 g/mol. The van der Waals surface area contributed by atoms with Gasteiger partial charge in [-0.05, 0) is 66.3 Å². The predicted octanol–water partition coefficient (Wildman–Crippen LogP) is 9.77. The summed E-state index contributed by atoms with van der Waals surface area (Å²) in [6.07, 6.45) is 0. The van der Waals surface area contributed by atoms with E-state index in [9.17, 15) is 14.4 Å². The number of rotatable bonds is 9. The van der Waals surface area contributed by atoms with Gasteiger partial charge in [0.05, 0.1) is 35.7 Å². The van der Waals surface area contributed by atoms with E-state index in [1.165, 1.54) is 28.2 Å². The van der Waals surface area contributed by atoms with Crippen molar-refractivity contribution in [3.63, 3.8) is 0 Å². The molecule has 0 aliphatic heterocycles. The fourth-order valence-corrected chi connectivity index (χ4v) is 6.40. The number of benzene rings is 4. The summed E-state index contributed by atoms with van der Waals surface area (Å²) in [5.74, 6) is -0.868. The molecule has 266 valence electrons. The van der Waals surface area contributed by atoms with Gasteiger partial charge in [-0.15, -0.1) is 22.7 Å². The number of nitrogens with zero attached hydrogens (tertiary/aromatic N) is 2. The van der Waals surface area contributed by atoms with Crippen molar-refractivity contribution >= 4 is 50.8 Å². The normalized spacial score (nSPS) is 10.9. The third kappa shape index (κ3) is 9.56. The first kappa shape index (κ1) is 37.6. The number of esters is 2. The van der Waals surface area contributed by atoms with E-state index in [1.54, 1.807) is 38.1 Å². The van der Waals surface area contributed by atoms with Crippen LogP contribution in [0.15, 0.2) is 108 Å².